The zero-order valence-corrected chi connectivity index (χ0v) is 12.5. The molecule has 1 aromatic carbocycles. The zero-order valence-electron chi connectivity index (χ0n) is 9.42. The largest absolute Gasteiger partial charge is 0.468 e. The zero-order chi connectivity index (χ0) is 12.9. The number of para-hydroxylation sites is 1. The molecule has 0 aliphatic rings. The van der Waals surface area contributed by atoms with Gasteiger partial charge in [-0.1, -0.05) is 18.2 Å². The van der Waals surface area contributed by atoms with Gasteiger partial charge in [0, 0.05) is 0 Å². The normalized spacial score (nSPS) is 15.7. The molecule has 5 nitrogen and oxygen atoms in total. The van der Waals surface area contributed by atoms with E-state index in [2.05, 4.69) is 9.82 Å². The number of benzene rings is 1. The number of methoxy groups -OCH3 is 1. The second-order valence-electron chi connectivity index (χ2n) is 3.26. The standard InChI is InChI=1S/C10H13INO4P/c1-8(10(13)15-2)12-17(11,14)16-9-6-4-3-5-7-9/h3-8H,1-2H3,(H,12,14)/t8-,17?/m0/s1. The fourth-order valence-electron chi connectivity index (χ4n) is 1.10. The van der Waals surface area contributed by atoms with Crippen LogP contribution < -0.4 is 9.61 Å². The summed E-state index contributed by atoms with van der Waals surface area (Å²) in [5, 5.41) is -0.518. The van der Waals surface area contributed by atoms with E-state index >= 15 is 0 Å². The number of hydrogen-bond donors (Lipinski definition) is 1. The topological polar surface area (TPSA) is 64.6 Å². The van der Waals surface area contributed by atoms with E-state index in [1.54, 1.807) is 53.2 Å². The second-order valence-corrected chi connectivity index (χ2v) is 8.47. The molecule has 0 radical (unpaired) electrons. The first-order valence-electron chi connectivity index (χ1n) is 4.84. The van der Waals surface area contributed by atoms with E-state index in [-0.39, 0.29) is 0 Å². The molecule has 0 amide bonds. The van der Waals surface area contributed by atoms with E-state index in [9.17, 15) is 9.36 Å². The first-order chi connectivity index (χ1) is 7.94. The van der Waals surface area contributed by atoms with Gasteiger partial charge in [0.25, 0.3) is 0 Å². The van der Waals surface area contributed by atoms with Crippen LogP contribution in [0.1, 0.15) is 6.92 Å². The molecule has 0 aliphatic heterocycles. The predicted molar refractivity (Wildman–Crippen MR) is 73.3 cm³/mol. The Kier molecular flexibility index (Phi) is 5.42. The maximum atomic E-state index is 12.1. The fourth-order valence-corrected chi connectivity index (χ4v) is 4.05. The molecule has 1 unspecified atom stereocenters. The van der Waals surface area contributed by atoms with Crippen molar-refractivity contribution in [1.29, 1.82) is 0 Å². The molecule has 1 N–H and O–H groups in total. The van der Waals surface area contributed by atoms with Gasteiger partial charge >= 0.3 is 11.1 Å². The Labute approximate surface area is 113 Å². The third-order valence-electron chi connectivity index (χ3n) is 1.87. The second kappa shape index (κ2) is 6.37. The van der Waals surface area contributed by atoms with E-state index in [0.717, 1.165) is 0 Å². The molecule has 0 aromatic heterocycles. The van der Waals surface area contributed by atoms with Gasteiger partial charge in [0.1, 0.15) is 11.8 Å². The average molecular weight is 369 g/mol. The Morgan fingerprint density at radius 3 is 2.53 bits per heavy atom. The molecule has 0 heterocycles. The number of carbonyl (C=O) groups excluding carboxylic acids is 1. The van der Waals surface area contributed by atoms with Crippen LogP contribution in [0.15, 0.2) is 30.3 Å². The molecular formula is C10H13INO4P. The van der Waals surface area contributed by atoms with E-state index in [1.807, 2.05) is 6.07 Å². The van der Waals surface area contributed by atoms with E-state index in [4.69, 9.17) is 4.52 Å². The van der Waals surface area contributed by atoms with Gasteiger partial charge in [-0.05, 0) is 19.1 Å². The van der Waals surface area contributed by atoms with Crippen molar-refractivity contribution in [1.82, 2.24) is 5.09 Å². The van der Waals surface area contributed by atoms with Crippen LogP contribution in [-0.4, -0.2) is 19.1 Å². The van der Waals surface area contributed by atoms with Crippen LogP contribution >= 0.6 is 27.2 Å². The summed E-state index contributed by atoms with van der Waals surface area (Å²) >= 11 is 1.66. The molecule has 17 heavy (non-hydrogen) atoms. The van der Waals surface area contributed by atoms with Gasteiger partial charge in [0.15, 0.2) is 0 Å². The summed E-state index contributed by atoms with van der Waals surface area (Å²) in [7, 11) is 1.27. The Balaban J connectivity index is 2.63. The molecule has 0 saturated carbocycles. The number of carbonyl (C=O) groups is 1. The van der Waals surface area contributed by atoms with Gasteiger partial charge < -0.3 is 9.26 Å². The molecule has 94 valence electrons. The van der Waals surface area contributed by atoms with Crippen molar-refractivity contribution in [2.75, 3.05) is 7.11 Å². The summed E-state index contributed by atoms with van der Waals surface area (Å²) in [5.41, 5.74) is 0. The molecule has 0 bridgehead atoms. The van der Waals surface area contributed by atoms with Crippen molar-refractivity contribution in [3.8, 4) is 5.75 Å². The average Bonchev–Trinajstić information content (AvgIpc) is 2.27. The highest BCUT2D eigenvalue weighted by Crippen LogP contribution is 2.51. The smallest absolute Gasteiger partial charge is 0.374 e. The molecule has 7 heteroatoms. The van der Waals surface area contributed by atoms with Gasteiger partial charge in [-0.15, -0.1) is 0 Å². The minimum Gasteiger partial charge on any atom is -0.468 e. The SMILES string of the molecule is COC(=O)[C@H](C)NP(=O)(I)Oc1ccccc1. The lowest BCUT2D eigenvalue weighted by Gasteiger charge is -2.17. The summed E-state index contributed by atoms with van der Waals surface area (Å²) in [6.07, 6.45) is 0. The van der Waals surface area contributed by atoms with Crippen LogP contribution in [-0.2, 0) is 14.1 Å². The minimum atomic E-state index is -3.12. The Bertz CT molecular complexity index is 426. The van der Waals surface area contributed by atoms with Crippen LogP contribution in [0.4, 0.5) is 0 Å². The molecule has 0 saturated heterocycles. The first kappa shape index (κ1) is 14.5. The van der Waals surface area contributed by atoms with Crippen molar-refractivity contribution in [3.05, 3.63) is 30.3 Å². The molecule has 0 fully saturated rings. The highest BCUT2D eigenvalue weighted by Gasteiger charge is 2.26. The Morgan fingerprint density at radius 1 is 1.41 bits per heavy atom. The van der Waals surface area contributed by atoms with Crippen molar-refractivity contribution >= 4 is 33.2 Å². The summed E-state index contributed by atoms with van der Waals surface area (Å²) in [5.74, 6) is -0.00616. The van der Waals surface area contributed by atoms with Gasteiger partial charge in [0.05, 0.1) is 29.2 Å². The number of halogens is 1. The number of esters is 1. The quantitative estimate of drug-likeness (QED) is 0.491. The van der Waals surface area contributed by atoms with Gasteiger partial charge in [-0.2, -0.15) is 0 Å². The molecule has 1 aromatic rings. The summed E-state index contributed by atoms with van der Waals surface area (Å²) in [6.45, 7) is 1.56. The lowest BCUT2D eigenvalue weighted by atomic mass is 10.3. The summed E-state index contributed by atoms with van der Waals surface area (Å²) in [4.78, 5) is 11.2. The first-order valence-corrected chi connectivity index (χ1v) is 9.25. The highest BCUT2D eigenvalue weighted by atomic mass is 127. The number of nitrogens with one attached hydrogen (secondary N) is 1. The molecule has 2 atom stereocenters. The lowest BCUT2D eigenvalue weighted by Crippen LogP contribution is -2.32. The van der Waals surface area contributed by atoms with E-state index in [0.29, 0.717) is 5.75 Å². The van der Waals surface area contributed by atoms with E-state index < -0.39 is 17.2 Å². The summed E-state index contributed by atoms with van der Waals surface area (Å²) < 4.78 is 21.9. The Morgan fingerprint density at radius 2 is 2.00 bits per heavy atom. The lowest BCUT2D eigenvalue weighted by molar-refractivity contribution is -0.142. The number of ether oxygens (including phenoxy) is 1. The van der Waals surface area contributed by atoms with Crippen molar-refractivity contribution in [2.24, 2.45) is 0 Å². The summed E-state index contributed by atoms with van der Waals surface area (Å²) in [6, 6.07) is 8.07. The van der Waals surface area contributed by atoms with Gasteiger partial charge in [-0.25, -0.2) is 9.65 Å². The fraction of sp³-hybridized carbons (Fsp3) is 0.300. The van der Waals surface area contributed by atoms with Crippen LogP contribution in [0.3, 0.4) is 0 Å². The Hall–Kier alpha value is -0.590. The molecule has 0 spiro atoms. The number of hydrogen-bond acceptors (Lipinski definition) is 4. The van der Waals surface area contributed by atoms with Crippen LogP contribution in [0, 0.1) is 0 Å². The van der Waals surface area contributed by atoms with Crippen LogP contribution in [0.25, 0.3) is 0 Å². The van der Waals surface area contributed by atoms with Gasteiger partial charge in [-0.3, -0.25) is 4.79 Å². The highest BCUT2D eigenvalue weighted by molar-refractivity contribution is 14.2. The number of rotatable bonds is 5. The predicted octanol–water partition coefficient (Wildman–Crippen LogP) is 2.76. The maximum Gasteiger partial charge on any atom is 0.374 e. The van der Waals surface area contributed by atoms with Crippen molar-refractivity contribution < 1.29 is 18.6 Å². The monoisotopic (exact) mass is 369 g/mol. The third-order valence-corrected chi connectivity index (χ3v) is 4.44. The van der Waals surface area contributed by atoms with Crippen molar-refractivity contribution in [3.63, 3.8) is 0 Å². The van der Waals surface area contributed by atoms with Gasteiger partial charge in [0.2, 0.25) is 0 Å². The maximum absolute atomic E-state index is 12.1. The minimum absolute atomic E-state index is 0.481. The molecule has 1 rings (SSSR count). The van der Waals surface area contributed by atoms with Crippen molar-refractivity contribution in [2.45, 2.75) is 13.0 Å². The molecule has 0 aliphatic carbocycles. The van der Waals surface area contributed by atoms with Crippen LogP contribution in [0.2, 0.25) is 0 Å². The van der Waals surface area contributed by atoms with Crippen LogP contribution in [0.5, 0.6) is 5.75 Å². The third kappa shape index (κ3) is 5.06. The molecular weight excluding hydrogens is 356 g/mol. The van der Waals surface area contributed by atoms with E-state index in [1.165, 1.54) is 7.11 Å².